The molecule has 1 saturated heterocycles. The van der Waals surface area contributed by atoms with Crippen LogP contribution in [0.15, 0.2) is 23.1 Å². The van der Waals surface area contributed by atoms with Crippen LogP contribution in [0.3, 0.4) is 0 Å². The van der Waals surface area contributed by atoms with Crippen LogP contribution in [0.25, 0.3) is 0 Å². The highest BCUT2D eigenvalue weighted by molar-refractivity contribution is 7.89. The van der Waals surface area contributed by atoms with E-state index in [1.165, 1.54) is 0 Å². The topological polar surface area (TPSA) is 37.4 Å². The second kappa shape index (κ2) is 6.22. The SMILES string of the molecule is CC1CCN(S(=O)(=O)c2ccc(Cl)c(CCl)c2)CC1C. The normalized spacial score (nSPS) is 24.8. The Morgan fingerprint density at radius 1 is 1.30 bits per heavy atom. The molecule has 0 amide bonds. The highest BCUT2D eigenvalue weighted by atomic mass is 35.5. The third kappa shape index (κ3) is 3.14. The summed E-state index contributed by atoms with van der Waals surface area (Å²) in [7, 11) is -3.45. The van der Waals surface area contributed by atoms with Gasteiger partial charge in [-0.1, -0.05) is 25.4 Å². The first-order valence-corrected chi connectivity index (χ1v) is 9.06. The molecule has 1 aromatic rings. The lowest BCUT2D eigenvalue weighted by Gasteiger charge is -2.34. The van der Waals surface area contributed by atoms with Gasteiger partial charge in [-0.15, -0.1) is 11.6 Å². The summed E-state index contributed by atoms with van der Waals surface area (Å²) in [6, 6.07) is 4.73. The van der Waals surface area contributed by atoms with Crippen molar-refractivity contribution in [1.29, 1.82) is 0 Å². The van der Waals surface area contributed by atoms with Crippen molar-refractivity contribution in [2.75, 3.05) is 13.1 Å². The molecule has 20 heavy (non-hydrogen) atoms. The molecule has 112 valence electrons. The van der Waals surface area contributed by atoms with E-state index in [-0.39, 0.29) is 10.8 Å². The van der Waals surface area contributed by atoms with Crippen molar-refractivity contribution in [2.45, 2.75) is 31.0 Å². The fourth-order valence-corrected chi connectivity index (χ4v) is 4.49. The predicted molar refractivity (Wildman–Crippen MR) is 82.7 cm³/mol. The highest BCUT2D eigenvalue weighted by Gasteiger charge is 2.31. The standard InChI is InChI=1S/C14H19Cl2NO2S/c1-10-5-6-17(9-11(10)2)20(18,19)13-3-4-14(16)12(7-13)8-15/h3-4,7,10-11H,5-6,8-9H2,1-2H3. The molecule has 0 aliphatic carbocycles. The third-order valence-corrected chi connectivity index (χ3v) is 6.61. The van der Waals surface area contributed by atoms with Crippen LogP contribution in [-0.4, -0.2) is 25.8 Å². The van der Waals surface area contributed by atoms with Crippen LogP contribution in [0.2, 0.25) is 5.02 Å². The summed E-state index contributed by atoms with van der Waals surface area (Å²) in [6.45, 7) is 5.41. The summed E-state index contributed by atoms with van der Waals surface area (Å²) in [6.07, 6.45) is 0.899. The fraction of sp³-hybridized carbons (Fsp3) is 0.571. The summed E-state index contributed by atoms with van der Waals surface area (Å²) < 4.78 is 26.9. The van der Waals surface area contributed by atoms with Crippen LogP contribution in [0.5, 0.6) is 0 Å². The highest BCUT2D eigenvalue weighted by Crippen LogP contribution is 2.29. The Hall–Kier alpha value is -0.290. The number of nitrogens with zero attached hydrogens (tertiary/aromatic N) is 1. The van der Waals surface area contributed by atoms with E-state index in [1.807, 2.05) is 0 Å². The smallest absolute Gasteiger partial charge is 0.207 e. The molecule has 3 nitrogen and oxygen atoms in total. The zero-order chi connectivity index (χ0) is 14.9. The molecule has 0 bridgehead atoms. The summed E-state index contributed by atoms with van der Waals surface area (Å²) in [5, 5.41) is 0.500. The molecule has 2 rings (SSSR count). The van der Waals surface area contributed by atoms with Gasteiger partial charge in [0.05, 0.1) is 4.90 Å². The molecule has 0 saturated carbocycles. The largest absolute Gasteiger partial charge is 0.243 e. The van der Waals surface area contributed by atoms with Crippen molar-refractivity contribution < 1.29 is 8.42 Å². The van der Waals surface area contributed by atoms with Gasteiger partial charge in [-0.2, -0.15) is 4.31 Å². The summed E-state index contributed by atoms with van der Waals surface area (Å²) >= 11 is 11.8. The Bertz CT molecular complexity index is 589. The Morgan fingerprint density at radius 3 is 2.60 bits per heavy atom. The molecule has 6 heteroatoms. The number of sulfonamides is 1. The molecular weight excluding hydrogens is 317 g/mol. The van der Waals surface area contributed by atoms with E-state index in [2.05, 4.69) is 13.8 Å². The van der Waals surface area contributed by atoms with E-state index < -0.39 is 10.0 Å². The van der Waals surface area contributed by atoms with Crippen molar-refractivity contribution in [3.05, 3.63) is 28.8 Å². The number of halogens is 2. The number of benzene rings is 1. The predicted octanol–water partition coefficient (Wildman–Crippen LogP) is 3.75. The second-order valence-electron chi connectivity index (χ2n) is 5.49. The fourth-order valence-electron chi connectivity index (χ4n) is 2.41. The molecule has 0 radical (unpaired) electrons. The molecule has 2 atom stereocenters. The van der Waals surface area contributed by atoms with Crippen LogP contribution in [0, 0.1) is 11.8 Å². The van der Waals surface area contributed by atoms with E-state index in [0.29, 0.717) is 35.5 Å². The number of piperidine rings is 1. The molecule has 1 heterocycles. The van der Waals surface area contributed by atoms with Gasteiger partial charge in [0, 0.05) is 24.0 Å². The molecular formula is C14H19Cl2NO2S. The van der Waals surface area contributed by atoms with Crippen molar-refractivity contribution in [3.8, 4) is 0 Å². The first kappa shape index (κ1) is 16.1. The minimum Gasteiger partial charge on any atom is -0.207 e. The maximum absolute atomic E-state index is 12.7. The van der Waals surface area contributed by atoms with Crippen LogP contribution < -0.4 is 0 Å². The van der Waals surface area contributed by atoms with Gasteiger partial charge in [-0.05, 0) is 42.0 Å². The van der Waals surface area contributed by atoms with Gasteiger partial charge < -0.3 is 0 Å². The number of rotatable bonds is 3. The van der Waals surface area contributed by atoms with Crippen molar-refractivity contribution in [3.63, 3.8) is 0 Å². The first-order chi connectivity index (χ1) is 9.36. The van der Waals surface area contributed by atoms with Crippen LogP contribution in [0.1, 0.15) is 25.8 Å². The maximum atomic E-state index is 12.7. The molecule has 2 unspecified atom stereocenters. The third-order valence-electron chi connectivity index (χ3n) is 4.10. The van der Waals surface area contributed by atoms with Gasteiger partial charge in [0.2, 0.25) is 10.0 Å². The summed E-state index contributed by atoms with van der Waals surface area (Å²) in [4.78, 5) is 0.277. The van der Waals surface area contributed by atoms with Crippen LogP contribution in [0.4, 0.5) is 0 Å². The maximum Gasteiger partial charge on any atom is 0.243 e. The second-order valence-corrected chi connectivity index (χ2v) is 8.11. The molecule has 0 N–H and O–H groups in total. The lowest BCUT2D eigenvalue weighted by molar-refractivity contribution is 0.212. The van der Waals surface area contributed by atoms with Gasteiger partial charge >= 0.3 is 0 Å². The minimum absolute atomic E-state index is 0.204. The van der Waals surface area contributed by atoms with Crippen molar-refractivity contribution in [2.24, 2.45) is 11.8 Å². The zero-order valence-electron chi connectivity index (χ0n) is 11.6. The number of hydrogen-bond acceptors (Lipinski definition) is 2. The Balaban J connectivity index is 2.31. The molecule has 0 spiro atoms. The number of hydrogen-bond donors (Lipinski definition) is 0. The van der Waals surface area contributed by atoms with Gasteiger partial charge in [0.25, 0.3) is 0 Å². The average Bonchev–Trinajstić information content (AvgIpc) is 2.42. The molecule has 1 aliphatic rings. The van der Waals surface area contributed by atoms with Gasteiger partial charge in [-0.3, -0.25) is 0 Å². The van der Waals surface area contributed by atoms with Crippen LogP contribution >= 0.6 is 23.2 Å². The lowest BCUT2D eigenvalue weighted by Crippen LogP contribution is -2.42. The van der Waals surface area contributed by atoms with Gasteiger partial charge in [0.15, 0.2) is 0 Å². The number of alkyl halides is 1. The molecule has 1 aromatic carbocycles. The van der Waals surface area contributed by atoms with E-state index in [9.17, 15) is 8.42 Å². The monoisotopic (exact) mass is 335 g/mol. The van der Waals surface area contributed by atoms with Gasteiger partial charge in [-0.25, -0.2) is 8.42 Å². The quantitative estimate of drug-likeness (QED) is 0.789. The summed E-state index contributed by atoms with van der Waals surface area (Å²) in [5.41, 5.74) is 0.646. The molecule has 1 aliphatic heterocycles. The van der Waals surface area contributed by atoms with Crippen LogP contribution in [-0.2, 0) is 15.9 Å². The van der Waals surface area contributed by atoms with E-state index in [0.717, 1.165) is 6.42 Å². The molecule has 0 aromatic heterocycles. The zero-order valence-corrected chi connectivity index (χ0v) is 14.0. The van der Waals surface area contributed by atoms with E-state index in [4.69, 9.17) is 23.2 Å². The Morgan fingerprint density at radius 2 is 2.00 bits per heavy atom. The average molecular weight is 336 g/mol. The van der Waals surface area contributed by atoms with E-state index >= 15 is 0 Å². The Labute approximate surface area is 130 Å². The molecule has 1 fully saturated rings. The van der Waals surface area contributed by atoms with Crippen molar-refractivity contribution >= 4 is 33.2 Å². The summed E-state index contributed by atoms with van der Waals surface area (Å²) in [5.74, 6) is 1.14. The minimum atomic E-state index is -3.45. The lowest BCUT2D eigenvalue weighted by atomic mass is 9.90. The van der Waals surface area contributed by atoms with Gasteiger partial charge in [0.1, 0.15) is 0 Å². The van der Waals surface area contributed by atoms with E-state index in [1.54, 1.807) is 22.5 Å². The Kier molecular flexibility index (Phi) is 5.00. The van der Waals surface area contributed by atoms with Crippen molar-refractivity contribution in [1.82, 2.24) is 4.31 Å². The first-order valence-electron chi connectivity index (χ1n) is 6.70.